The smallest absolute Gasteiger partial charge is 0.136 e. The summed E-state index contributed by atoms with van der Waals surface area (Å²) in [6, 6.07) is 2.05. The molecule has 1 heterocycles. The quantitative estimate of drug-likeness (QED) is 0.667. The standard InChI is InChI=1S/C9H15NO/c1-4-7(3)9-6-8(5-2)11-10-9/h6-7H,4-5H2,1-3H3. The van der Waals surface area contributed by atoms with E-state index in [9.17, 15) is 0 Å². The van der Waals surface area contributed by atoms with Crippen molar-refractivity contribution in [1.29, 1.82) is 0 Å². The summed E-state index contributed by atoms with van der Waals surface area (Å²) in [7, 11) is 0. The van der Waals surface area contributed by atoms with Gasteiger partial charge in [0.1, 0.15) is 5.76 Å². The highest BCUT2D eigenvalue weighted by molar-refractivity contribution is 5.09. The largest absolute Gasteiger partial charge is 0.361 e. The molecule has 0 radical (unpaired) electrons. The van der Waals surface area contributed by atoms with E-state index in [0.717, 1.165) is 24.3 Å². The molecule has 2 nitrogen and oxygen atoms in total. The van der Waals surface area contributed by atoms with Crippen LogP contribution in [-0.4, -0.2) is 5.16 Å². The molecule has 1 rings (SSSR count). The van der Waals surface area contributed by atoms with Crippen LogP contribution in [0.1, 0.15) is 44.6 Å². The summed E-state index contributed by atoms with van der Waals surface area (Å²) in [5.74, 6) is 1.51. The van der Waals surface area contributed by atoms with Crippen LogP contribution < -0.4 is 0 Å². The van der Waals surface area contributed by atoms with Gasteiger partial charge < -0.3 is 4.52 Å². The summed E-state index contributed by atoms with van der Waals surface area (Å²) >= 11 is 0. The Morgan fingerprint density at radius 2 is 2.27 bits per heavy atom. The SMILES string of the molecule is CCc1cc(C(C)CC)no1. The van der Waals surface area contributed by atoms with E-state index >= 15 is 0 Å². The van der Waals surface area contributed by atoms with Gasteiger partial charge in [-0.15, -0.1) is 0 Å². The fraction of sp³-hybridized carbons (Fsp3) is 0.667. The number of aryl methyl sites for hydroxylation is 1. The minimum absolute atomic E-state index is 0.527. The van der Waals surface area contributed by atoms with Crippen LogP contribution in [0, 0.1) is 0 Å². The van der Waals surface area contributed by atoms with Gasteiger partial charge in [0, 0.05) is 18.4 Å². The maximum absolute atomic E-state index is 5.09. The average Bonchev–Trinajstić information content (AvgIpc) is 2.50. The van der Waals surface area contributed by atoms with Gasteiger partial charge in [0.15, 0.2) is 0 Å². The molecular weight excluding hydrogens is 138 g/mol. The van der Waals surface area contributed by atoms with Crippen molar-refractivity contribution in [3.8, 4) is 0 Å². The van der Waals surface area contributed by atoms with E-state index < -0.39 is 0 Å². The van der Waals surface area contributed by atoms with Crippen LogP contribution in [0.15, 0.2) is 10.6 Å². The van der Waals surface area contributed by atoms with Gasteiger partial charge in [-0.3, -0.25) is 0 Å². The lowest BCUT2D eigenvalue weighted by atomic mass is 10.1. The molecule has 1 aromatic heterocycles. The number of rotatable bonds is 3. The summed E-state index contributed by atoms with van der Waals surface area (Å²) in [5, 5.41) is 3.98. The topological polar surface area (TPSA) is 26.0 Å². The Morgan fingerprint density at radius 3 is 2.73 bits per heavy atom. The third-order valence-electron chi connectivity index (χ3n) is 2.04. The Bertz CT molecular complexity index is 217. The summed E-state index contributed by atoms with van der Waals surface area (Å²) in [6.07, 6.45) is 2.05. The molecule has 0 aliphatic carbocycles. The fourth-order valence-corrected chi connectivity index (χ4v) is 0.937. The van der Waals surface area contributed by atoms with Crippen LogP contribution in [0.5, 0.6) is 0 Å². The van der Waals surface area contributed by atoms with Crippen molar-refractivity contribution in [2.75, 3.05) is 0 Å². The van der Waals surface area contributed by atoms with Crippen LogP contribution in [-0.2, 0) is 6.42 Å². The van der Waals surface area contributed by atoms with E-state index in [1.807, 2.05) is 6.07 Å². The van der Waals surface area contributed by atoms with Gasteiger partial charge in [0.2, 0.25) is 0 Å². The molecule has 11 heavy (non-hydrogen) atoms. The molecule has 0 spiro atoms. The van der Waals surface area contributed by atoms with Gasteiger partial charge >= 0.3 is 0 Å². The molecule has 1 aromatic rings. The molecule has 62 valence electrons. The normalized spacial score (nSPS) is 13.4. The second kappa shape index (κ2) is 3.56. The Kier molecular flexibility index (Phi) is 2.69. The maximum atomic E-state index is 5.09. The van der Waals surface area contributed by atoms with Crippen molar-refractivity contribution < 1.29 is 4.52 Å². The zero-order valence-electron chi connectivity index (χ0n) is 7.42. The van der Waals surface area contributed by atoms with Crippen LogP contribution in [0.4, 0.5) is 0 Å². The molecule has 0 aromatic carbocycles. The second-order valence-corrected chi connectivity index (χ2v) is 2.88. The van der Waals surface area contributed by atoms with Crippen molar-refractivity contribution in [1.82, 2.24) is 5.16 Å². The molecular formula is C9H15NO. The van der Waals surface area contributed by atoms with Crippen LogP contribution in [0.25, 0.3) is 0 Å². The van der Waals surface area contributed by atoms with E-state index in [2.05, 4.69) is 25.9 Å². The maximum Gasteiger partial charge on any atom is 0.136 e. The van der Waals surface area contributed by atoms with E-state index in [0.29, 0.717) is 5.92 Å². The van der Waals surface area contributed by atoms with Crippen molar-refractivity contribution in [2.24, 2.45) is 0 Å². The first-order valence-corrected chi connectivity index (χ1v) is 4.23. The lowest BCUT2D eigenvalue weighted by Crippen LogP contribution is -1.89. The molecule has 0 fully saturated rings. The summed E-state index contributed by atoms with van der Waals surface area (Å²) in [5.41, 5.74) is 1.09. The van der Waals surface area contributed by atoms with E-state index in [-0.39, 0.29) is 0 Å². The second-order valence-electron chi connectivity index (χ2n) is 2.88. The zero-order valence-corrected chi connectivity index (χ0v) is 7.42. The zero-order chi connectivity index (χ0) is 8.27. The molecule has 1 atom stereocenters. The van der Waals surface area contributed by atoms with Crippen molar-refractivity contribution in [3.63, 3.8) is 0 Å². The summed E-state index contributed by atoms with van der Waals surface area (Å²) in [6.45, 7) is 6.39. The Hall–Kier alpha value is -0.790. The molecule has 1 unspecified atom stereocenters. The molecule has 0 saturated heterocycles. The molecule has 0 bridgehead atoms. The van der Waals surface area contributed by atoms with Gasteiger partial charge in [-0.2, -0.15) is 0 Å². The molecule has 0 saturated carbocycles. The summed E-state index contributed by atoms with van der Waals surface area (Å²) < 4.78 is 5.09. The summed E-state index contributed by atoms with van der Waals surface area (Å²) in [4.78, 5) is 0. The average molecular weight is 153 g/mol. The Balaban J connectivity index is 2.71. The Morgan fingerprint density at radius 1 is 1.55 bits per heavy atom. The van der Waals surface area contributed by atoms with Gasteiger partial charge in [-0.25, -0.2) is 0 Å². The van der Waals surface area contributed by atoms with Crippen LogP contribution in [0.3, 0.4) is 0 Å². The van der Waals surface area contributed by atoms with E-state index in [1.54, 1.807) is 0 Å². The predicted molar refractivity (Wildman–Crippen MR) is 44.6 cm³/mol. The van der Waals surface area contributed by atoms with Crippen molar-refractivity contribution in [2.45, 2.75) is 39.5 Å². The van der Waals surface area contributed by atoms with Gasteiger partial charge in [0.25, 0.3) is 0 Å². The highest BCUT2D eigenvalue weighted by atomic mass is 16.5. The monoisotopic (exact) mass is 153 g/mol. The first kappa shape index (κ1) is 8.31. The minimum Gasteiger partial charge on any atom is -0.361 e. The molecule has 0 aliphatic rings. The van der Waals surface area contributed by atoms with Gasteiger partial charge in [0.05, 0.1) is 5.69 Å². The fourth-order valence-electron chi connectivity index (χ4n) is 0.937. The number of nitrogens with zero attached hydrogens (tertiary/aromatic N) is 1. The number of hydrogen-bond acceptors (Lipinski definition) is 2. The highest BCUT2D eigenvalue weighted by Gasteiger charge is 2.07. The lowest BCUT2D eigenvalue weighted by Gasteiger charge is -1.99. The lowest BCUT2D eigenvalue weighted by molar-refractivity contribution is 0.376. The first-order valence-electron chi connectivity index (χ1n) is 4.23. The molecule has 0 N–H and O–H groups in total. The number of aromatic nitrogens is 1. The molecule has 0 amide bonds. The molecule has 2 heteroatoms. The third-order valence-corrected chi connectivity index (χ3v) is 2.04. The Labute approximate surface area is 67.6 Å². The van der Waals surface area contributed by atoms with Crippen molar-refractivity contribution in [3.05, 3.63) is 17.5 Å². The molecule has 0 aliphatic heterocycles. The first-order chi connectivity index (χ1) is 5.27. The van der Waals surface area contributed by atoms with Crippen LogP contribution >= 0.6 is 0 Å². The number of hydrogen-bond donors (Lipinski definition) is 0. The van der Waals surface area contributed by atoms with E-state index in [1.165, 1.54) is 0 Å². The highest BCUT2D eigenvalue weighted by Crippen LogP contribution is 2.17. The van der Waals surface area contributed by atoms with E-state index in [4.69, 9.17) is 4.52 Å². The van der Waals surface area contributed by atoms with Crippen LogP contribution in [0.2, 0.25) is 0 Å². The van der Waals surface area contributed by atoms with Gasteiger partial charge in [-0.1, -0.05) is 25.9 Å². The minimum atomic E-state index is 0.527. The van der Waals surface area contributed by atoms with Gasteiger partial charge in [-0.05, 0) is 6.42 Å². The van der Waals surface area contributed by atoms with Crippen molar-refractivity contribution >= 4 is 0 Å². The third kappa shape index (κ3) is 1.82. The predicted octanol–water partition coefficient (Wildman–Crippen LogP) is 2.75.